The molecule has 0 bridgehead atoms. The first-order valence-electron chi connectivity index (χ1n) is 5.32. The second-order valence-corrected chi connectivity index (χ2v) is 6.86. The van der Waals surface area contributed by atoms with Crippen LogP contribution in [-0.4, -0.2) is 26.4 Å². The van der Waals surface area contributed by atoms with E-state index in [0.29, 0.717) is 5.69 Å². The van der Waals surface area contributed by atoms with E-state index in [1.54, 1.807) is 29.4 Å². The molecule has 2 heterocycles. The zero-order chi connectivity index (χ0) is 13.2. The Labute approximate surface area is 122 Å². The number of rotatable bonds is 3. The molecule has 3 rings (SSSR count). The minimum Gasteiger partial charge on any atom is -0.399 e. The second kappa shape index (κ2) is 5.32. The first kappa shape index (κ1) is 12.6. The van der Waals surface area contributed by atoms with Gasteiger partial charge >= 0.3 is 0 Å². The summed E-state index contributed by atoms with van der Waals surface area (Å²) in [5, 5.41) is 9.99. The van der Waals surface area contributed by atoms with E-state index in [1.807, 2.05) is 24.5 Å². The summed E-state index contributed by atoms with van der Waals surface area (Å²) < 4.78 is 1.81. The van der Waals surface area contributed by atoms with Crippen molar-refractivity contribution in [3.8, 4) is 0 Å². The van der Waals surface area contributed by atoms with E-state index in [9.17, 15) is 0 Å². The minimum absolute atomic E-state index is 0.700. The van der Waals surface area contributed by atoms with Crippen LogP contribution in [0.5, 0.6) is 0 Å². The fourth-order valence-electron chi connectivity index (χ4n) is 1.54. The maximum absolute atomic E-state index is 5.82. The van der Waals surface area contributed by atoms with Crippen molar-refractivity contribution >= 4 is 51.5 Å². The third-order valence-electron chi connectivity index (χ3n) is 2.37. The molecule has 0 aliphatic carbocycles. The Hall–Kier alpha value is -1.38. The van der Waals surface area contributed by atoms with Crippen LogP contribution < -0.4 is 5.73 Å². The number of nitrogens with zero attached hydrogens (tertiary/aromatic N) is 4. The molecule has 1 aromatic carbocycles. The van der Waals surface area contributed by atoms with Crippen molar-refractivity contribution in [3.05, 3.63) is 24.5 Å². The van der Waals surface area contributed by atoms with Crippen LogP contribution in [0.1, 0.15) is 0 Å². The molecule has 0 unspecified atom stereocenters. The normalized spacial score (nSPS) is 11.0. The molecule has 0 aliphatic rings. The number of thioether (sulfide) groups is 1. The number of fused-ring (bicyclic) bond motifs is 1. The summed E-state index contributed by atoms with van der Waals surface area (Å²) in [6, 6.07) is 5.61. The SMILES string of the molecule is CSc1nnc(Sc2ncnc3ccc(N)cc23)s1. The third kappa shape index (κ3) is 2.65. The van der Waals surface area contributed by atoms with Gasteiger partial charge in [-0.2, -0.15) is 0 Å². The molecule has 0 atom stereocenters. The highest BCUT2D eigenvalue weighted by molar-refractivity contribution is 8.03. The van der Waals surface area contributed by atoms with E-state index in [2.05, 4.69) is 20.2 Å². The van der Waals surface area contributed by atoms with E-state index >= 15 is 0 Å². The Kier molecular flexibility index (Phi) is 3.54. The van der Waals surface area contributed by atoms with E-state index in [1.165, 1.54) is 11.8 Å². The van der Waals surface area contributed by atoms with E-state index < -0.39 is 0 Å². The standard InChI is InChI=1S/C11H9N5S3/c1-17-10-15-16-11(19-10)18-9-7-4-6(12)2-3-8(7)13-5-14-9/h2-5H,12H2,1H3. The van der Waals surface area contributed by atoms with Gasteiger partial charge in [0.05, 0.1) is 5.52 Å². The molecule has 0 spiro atoms. The van der Waals surface area contributed by atoms with Gasteiger partial charge in [0.1, 0.15) is 11.4 Å². The molecule has 5 nitrogen and oxygen atoms in total. The molecule has 8 heteroatoms. The van der Waals surface area contributed by atoms with E-state index in [4.69, 9.17) is 5.73 Å². The van der Waals surface area contributed by atoms with Crippen molar-refractivity contribution in [3.63, 3.8) is 0 Å². The van der Waals surface area contributed by atoms with Crippen LogP contribution in [0.4, 0.5) is 5.69 Å². The predicted molar refractivity (Wildman–Crippen MR) is 79.8 cm³/mol. The molecule has 2 aromatic heterocycles. The molecule has 0 saturated carbocycles. The molecule has 3 aromatic rings. The number of hydrogen-bond acceptors (Lipinski definition) is 8. The van der Waals surface area contributed by atoms with Gasteiger partial charge in [0.15, 0.2) is 8.68 Å². The summed E-state index contributed by atoms with van der Waals surface area (Å²) in [5.41, 5.74) is 7.39. The van der Waals surface area contributed by atoms with Crippen molar-refractivity contribution < 1.29 is 0 Å². The smallest absolute Gasteiger partial charge is 0.181 e. The Morgan fingerprint density at radius 3 is 2.79 bits per heavy atom. The molecule has 0 amide bonds. The van der Waals surface area contributed by atoms with Crippen molar-refractivity contribution in [1.29, 1.82) is 0 Å². The lowest BCUT2D eigenvalue weighted by atomic mass is 10.2. The van der Waals surface area contributed by atoms with Crippen LogP contribution in [0.25, 0.3) is 10.9 Å². The molecule has 0 saturated heterocycles. The van der Waals surface area contributed by atoms with Crippen LogP contribution in [0.15, 0.2) is 38.2 Å². The molecular weight excluding hydrogens is 298 g/mol. The highest BCUT2D eigenvalue weighted by Gasteiger charge is 2.10. The number of hydrogen-bond donors (Lipinski definition) is 1. The quantitative estimate of drug-likeness (QED) is 0.453. The summed E-state index contributed by atoms with van der Waals surface area (Å²) >= 11 is 4.62. The first-order chi connectivity index (χ1) is 9.26. The Bertz CT molecular complexity index is 727. The highest BCUT2D eigenvalue weighted by atomic mass is 32.2. The van der Waals surface area contributed by atoms with E-state index in [-0.39, 0.29) is 0 Å². The van der Waals surface area contributed by atoms with Crippen LogP contribution >= 0.6 is 34.9 Å². The van der Waals surface area contributed by atoms with Crippen molar-refractivity contribution in [2.45, 2.75) is 13.7 Å². The van der Waals surface area contributed by atoms with Gasteiger partial charge < -0.3 is 5.73 Å². The molecule has 2 N–H and O–H groups in total. The van der Waals surface area contributed by atoms with Gasteiger partial charge in [0, 0.05) is 11.1 Å². The zero-order valence-electron chi connectivity index (χ0n) is 9.90. The molecule has 19 heavy (non-hydrogen) atoms. The largest absolute Gasteiger partial charge is 0.399 e. The highest BCUT2D eigenvalue weighted by Crippen LogP contribution is 2.35. The van der Waals surface area contributed by atoms with Gasteiger partial charge in [-0.05, 0) is 36.2 Å². The van der Waals surface area contributed by atoms with Gasteiger partial charge in [0.2, 0.25) is 0 Å². The van der Waals surface area contributed by atoms with Crippen LogP contribution in [0.2, 0.25) is 0 Å². The summed E-state index contributed by atoms with van der Waals surface area (Å²) in [7, 11) is 0. The van der Waals surface area contributed by atoms with Gasteiger partial charge in [-0.15, -0.1) is 10.2 Å². The maximum Gasteiger partial charge on any atom is 0.181 e. The van der Waals surface area contributed by atoms with Gasteiger partial charge in [0.25, 0.3) is 0 Å². The van der Waals surface area contributed by atoms with Gasteiger partial charge in [-0.3, -0.25) is 0 Å². The number of aromatic nitrogens is 4. The second-order valence-electron chi connectivity index (χ2n) is 3.60. The van der Waals surface area contributed by atoms with Crippen molar-refractivity contribution in [2.75, 3.05) is 12.0 Å². The minimum atomic E-state index is 0.700. The molecule has 0 radical (unpaired) electrons. The van der Waals surface area contributed by atoms with Crippen molar-refractivity contribution in [2.24, 2.45) is 0 Å². The van der Waals surface area contributed by atoms with Crippen LogP contribution in [0.3, 0.4) is 0 Å². The van der Waals surface area contributed by atoms with Gasteiger partial charge in [-0.25, -0.2) is 9.97 Å². The Morgan fingerprint density at radius 1 is 1.16 bits per heavy atom. The maximum atomic E-state index is 5.82. The Balaban J connectivity index is 2.02. The number of anilines is 1. The summed E-state index contributed by atoms with van der Waals surface area (Å²) in [6.45, 7) is 0. The average Bonchev–Trinajstić information content (AvgIpc) is 2.87. The first-order valence-corrected chi connectivity index (χ1v) is 8.17. The number of nitrogen functional groups attached to an aromatic ring is 1. The van der Waals surface area contributed by atoms with Crippen LogP contribution in [-0.2, 0) is 0 Å². The lowest BCUT2D eigenvalue weighted by Crippen LogP contribution is -1.89. The lowest BCUT2D eigenvalue weighted by Gasteiger charge is -2.03. The van der Waals surface area contributed by atoms with Gasteiger partial charge in [-0.1, -0.05) is 23.1 Å². The van der Waals surface area contributed by atoms with Crippen molar-refractivity contribution in [1.82, 2.24) is 20.2 Å². The predicted octanol–water partition coefficient (Wildman–Crippen LogP) is 2.94. The number of nitrogens with two attached hydrogens (primary N) is 1. The molecular formula is C11H9N5S3. The summed E-state index contributed by atoms with van der Waals surface area (Å²) in [4.78, 5) is 8.54. The van der Waals surface area contributed by atoms with E-state index in [0.717, 1.165) is 24.6 Å². The molecule has 96 valence electrons. The topological polar surface area (TPSA) is 77.6 Å². The lowest BCUT2D eigenvalue weighted by molar-refractivity contribution is 0.953. The number of benzene rings is 1. The monoisotopic (exact) mass is 307 g/mol. The molecule has 0 fully saturated rings. The van der Waals surface area contributed by atoms with Crippen LogP contribution in [0, 0.1) is 0 Å². The third-order valence-corrected chi connectivity index (χ3v) is 5.34. The fourth-order valence-corrected chi connectivity index (χ4v) is 3.96. The Morgan fingerprint density at radius 2 is 2.00 bits per heavy atom. The molecule has 0 aliphatic heterocycles. The summed E-state index contributed by atoms with van der Waals surface area (Å²) in [5.74, 6) is 0. The zero-order valence-corrected chi connectivity index (χ0v) is 12.3. The fraction of sp³-hybridized carbons (Fsp3) is 0.0909. The average molecular weight is 307 g/mol. The summed E-state index contributed by atoms with van der Waals surface area (Å²) in [6.07, 6.45) is 3.53.